The van der Waals surface area contributed by atoms with E-state index in [1.54, 1.807) is 0 Å². The number of rotatable bonds is 6. The van der Waals surface area contributed by atoms with Crippen molar-refractivity contribution in [1.29, 1.82) is 0 Å². The number of H-pyrrole nitrogens is 1. The lowest BCUT2D eigenvalue weighted by molar-refractivity contribution is 0.233. The SMILES string of the molecule is Cc1cn(CN(CCO)S(=O)(=O)c2ccc(N)cc2)c(=O)[nH]c1=O. The molecule has 0 saturated heterocycles. The smallest absolute Gasteiger partial charge is 0.329 e. The van der Waals surface area contributed by atoms with Crippen LogP contribution in [0, 0.1) is 6.92 Å². The average molecular weight is 354 g/mol. The highest BCUT2D eigenvalue weighted by atomic mass is 32.2. The van der Waals surface area contributed by atoms with E-state index in [4.69, 9.17) is 10.8 Å². The minimum atomic E-state index is -3.95. The van der Waals surface area contributed by atoms with Crippen molar-refractivity contribution in [2.45, 2.75) is 18.5 Å². The predicted molar refractivity (Wildman–Crippen MR) is 87.9 cm³/mol. The van der Waals surface area contributed by atoms with Crippen LogP contribution < -0.4 is 17.0 Å². The van der Waals surface area contributed by atoms with Crippen molar-refractivity contribution < 1.29 is 13.5 Å². The minimum Gasteiger partial charge on any atom is -0.399 e. The highest BCUT2D eigenvalue weighted by molar-refractivity contribution is 7.89. The van der Waals surface area contributed by atoms with E-state index in [-0.39, 0.29) is 23.7 Å². The van der Waals surface area contributed by atoms with E-state index in [0.29, 0.717) is 5.69 Å². The molecular formula is C14H18N4O5S. The Balaban J connectivity index is 2.42. The summed E-state index contributed by atoms with van der Waals surface area (Å²) in [5, 5.41) is 9.17. The van der Waals surface area contributed by atoms with Gasteiger partial charge in [-0.15, -0.1) is 0 Å². The Morgan fingerprint density at radius 2 is 1.88 bits per heavy atom. The quantitative estimate of drug-likeness (QED) is 0.573. The Hall–Kier alpha value is -2.43. The van der Waals surface area contributed by atoms with Crippen molar-refractivity contribution >= 4 is 15.7 Å². The largest absolute Gasteiger partial charge is 0.399 e. The maximum atomic E-state index is 12.7. The first-order valence-electron chi connectivity index (χ1n) is 7.02. The second kappa shape index (κ2) is 6.99. The first-order valence-corrected chi connectivity index (χ1v) is 8.46. The molecule has 0 aliphatic carbocycles. The molecule has 130 valence electrons. The van der Waals surface area contributed by atoms with Gasteiger partial charge in [-0.25, -0.2) is 13.2 Å². The van der Waals surface area contributed by atoms with Crippen molar-refractivity contribution in [1.82, 2.24) is 13.9 Å². The minimum absolute atomic E-state index is 0.0145. The molecule has 24 heavy (non-hydrogen) atoms. The van der Waals surface area contributed by atoms with E-state index in [0.717, 1.165) is 8.87 Å². The molecule has 0 radical (unpaired) electrons. The van der Waals surface area contributed by atoms with Gasteiger partial charge in [-0.05, 0) is 31.2 Å². The van der Waals surface area contributed by atoms with Crippen LogP contribution in [0.15, 0.2) is 44.9 Å². The van der Waals surface area contributed by atoms with Crippen molar-refractivity contribution in [3.63, 3.8) is 0 Å². The van der Waals surface area contributed by atoms with Gasteiger partial charge in [0.05, 0.1) is 18.2 Å². The van der Waals surface area contributed by atoms with Gasteiger partial charge in [-0.1, -0.05) is 0 Å². The fourth-order valence-corrected chi connectivity index (χ4v) is 3.44. The second-order valence-electron chi connectivity index (χ2n) is 5.16. The van der Waals surface area contributed by atoms with Gasteiger partial charge in [0, 0.05) is 24.0 Å². The lowest BCUT2D eigenvalue weighted by atomic mass is 10.3. The van der Waals surface area contributed by atoms with Crippen LogP contribution in [0.2, 0.25) is 0 Å². The molecule has 1 aromatic heterocycles. The van der Waals surface area contributed by atoms with Crippen molar-refractivity contribution in [2.75, 3.05) is 18.9 Å². The summed E-state index contributed by atoms with van der Waals surface area (Å²) in [6, 6.07) is 5.58. The van der Waals surface area contributed by atoms with Crippen LogP contribution in [0.1, 0.15) is 5.56 Å². The lowest BCUT2D eigenvalue weighted by Crippen LogP contribution is -2.40. The zero-order chi connectivity index (χ0) is 17.9. The molecule has 9 nitrogen and oxygen atoms in total. The van der Waals surface area contributed by atoms with Crippen LogP contribution in [0.4, 0.5) is 5.69 Å². The van der Waals surface area contributed by atoms with Gasteiger partial charge in [-0.2, -0.15) is 4.31 Å². The van der Waals surface area contributed by atoms with Crippen molar-refractivity contribution in [2.24, 2.45) is 0 Å². The van der Waals surface area contributed by atoms with Crippen molar-refractivity contribution in [3.8, 4) is 0 Å². The maximum Gasteiger partial charge on any atom is 0.329 e. The summed E-state index contributed by atoms with van der Waals surface area (Å²) in [7, 11) is -3.95. The van der Waals surface area contributed by atoms with Gasteiger partial charge >= 0.3 is 5.69 Å². The van der Waals surface area contributed by atoms with E-state index in [2.05, 4.69) is 4.98 Å². The first kappa shape index (κ1) is 17.9. The number of nitrogens with zero attached hydrogens (tertiary/aromatic N) is 2. The summed E-state index contributed by atoms with van der Waals surface area (Å²) in [6.45, 7) is 0.520. The summed E-state index contributed by atoms with van der Waals surface area (Å²) < 4.78 is 27.4. The Bertz CT molecular complexity index is 931. The predicted octanol–water partition coefficient (Wildman–Crippen LogP) is -0.932. The molecule has 0 spiro atoms. The zero-order valence-electron chi connectivity index (χ0n) is 13.0. The molecular weight excluding hydrogens is 336 g/mol. The normalized spacial score (nSPS) is 11.8. The fourth-order valence-electron chi connectivity index (χ4n) is 2.06. The molecule has 4 N–H and O–H groups in total. The van der Waals surface area contributed by atoms with Crippen LogP contribution in [-0.2, 0) is 16.7 Å². The molecule has 2 rings (SSSR count). The molecule has 0 aliphatic rings. The second-order valence-corrected chi connectivity index (χ2v) is 7.09. The standard InChI is InChI=1S/C14H18N4O5S/c1-10-8-17(14(21)16-13(10)20)9-18(6-7-19)24(22,23)12-4-2-11(15)3-5-12/h2-5,8,19H,6-7,9,15H2,1H3,(H,16,20,21). The summed E-state index contributed by atoms with van der Waals surface area (Å²) in [6.07, 6.45) is 1.27. The fraction of sp³-hybridized carbons (Fsp3) is 0.286. The molecule has 1 aromatic carbocycles. The zero-order valence-corrected chi connectivity index (χ0v) is 13.8. The number of benzene rings is 1. The Morgan fingerprint density at radius 1 is 1.25 bits per heavy atom. The number of nitrogens with one attached hydrogen (secondary N) is 1. The maximum absolute atomic E-state index is 12.7. The van der Waals surface area contributed by atoms with Gasteiger partial charge in [0.15, 0.2) is 0 Å². The number of hydrogen-bond acceptors (Lipinski definition) is 6. The Kier molecular flexibility index (Phi) is 5.22. The molecule has 0 fully saturated rings. The number of aliphatic hydroxyl groups excluding tert-OH is 1. The highest BCUT2D eigenvalue weighted by Crippen LogP contribution is 2.17. The van der Waals surface area contributed by atoms with Gasteiger partial charge in [0.25, 0.3) is 5.56 Å². The van der Waals surface area contributed by atoms with Crippen LogP contribution in [0.5, 0.6) is 0 Å². The molecule has 1 heterocycles. The molecule has 0 bridgehead atoms. The summed E-state index contributed by atoms with van der Waals surface area (Å²) >= 11 is 0. The Labute approximate surface area is 138 Å². The third kappa shape index (κ3) is 3.72. The van der Waals surface area contributed by atoms with Crippen LogP contribution in [-0.4, -0.2) is 40.5 Å². The Morgan fingerprint density at radius 3 is 2.46 bits per heavy atom. The molecule has 0 aliphatic heterocycles. The van der Waals surface area contributed by atoms with E-state index >= 15 is 0 Å². The average Bonchev–Trinajstić information content (AvgIpc) is 2.52. The van der Waals surface area contributed by atoms with Gasteiger partial charge in [0.1, 0.15) is 0 Å². The van der Waals surface area contributed by atoms with E-state index in [1.807, 2.05) is 0 Å². The number of aromatic amines is 1. The number of hydrogen-bond donors (Lipinski definition) is 3. The number of sulfonamides is 1. The van der Waals surface area contributed by atoms with E-state index in [1.165, 1.54) is 37.4 Å². The summed E-state index contributed by atoms with van der Waals surface area (Å²) in [4.78, 5) is 25.3. The monoisotopic (exact) mass is 354 g/mol. The molecule has 0 atom stereocenters. The van der Waals surface area contributed by atoms with Crippen molar-refractivity contribution in [3.05, 3.63) is 56.9 Å². The molecule has 0 amide bonds. The summed E-state index contributed by atoms with van der Waals surface area (Å²) in [5.41, 5.74) is 4.96. The number of aromatic nitrogens is 2. The van der Waals surface area contributed by atoms with E-state index in [9.17, 15) is 18.0 Å². The molecule has 2 aromatic rings. The number of nitrogen functional groups attached to an aromatic ring is 1. The molecule has 0 saturated carbocycles. The molecule has 10 heteroatoms. The van der Waals surface area contributed by atoms with Gasteiger partial charge in [0.2, 0.25) is 10.0 Å². The highest BCUT2D eigenvalue weighted by Gasteiger charge is 2.24. The third-order valence-electron chi connectivity index (χ3n) is 3.37. The van der Waals surface area contributed by atoms with Crippen LogP contribution in [0.3, 0.4) is 0 Å². The van der Waals surface area contributed by atoms with Gasteiger partial charge < -0.3 is 10.8 Å². The van der Waals surface area contributed by atoms with Crippen LogP contribution >= 0.6 is 0 Å². The lowest BCUT2D eigenvalue weighted by Gasteiger charge is -2.22. The number of anilines is 1. The number of nitrogens with two attached hydrogens (primary N) is 1. The number of aryl methyl sites for hydroxylation is 1. The van der Waals surface area contributed by atoms with Gasteiger partial charge in [-0.3, -0.25) is 14.3 Å². The number of aliphatic hydroxyl groups is 1. The third-order valence-corrected chi connectivity index (χ3v) is 5.21. The van der Waals surface area contributed by atoms with E-state index < -0.39 is 27.9 Å². The summed E-state index contributed by atoms with van der Waals surface area (Å²) in [5.74, 6) is 0. The first-order chi connectivity index (χ1) is 11.3. The topological polar surface area (TPSA) is 138 Å². The van der Waals surface area contributed by atoms with Crippen LogP contribution in [0.25, 0.3) is 0 Å². The molecule has 0 unspecified atom stereocenters.